The minimum absolute atomic E-state index is 0.0657. The molecule has 0 radical (unpaired) electrons. The van der Waals surface area contributed by atoms with Gasteiger partial charge in [-0.3, -0.25) is 4.79 Å². The predicted octanol–water partition coefficient (Wildman–Crippen LogP) is 3.69. The largest absolute Gasteiger partial charge is 0.391 e. The second kappa shape index (κ2) is 7.55. The lowest BCUT2D eigenvalue weighted by atomic mass is 9.81. The molecule has 6 heteroatoms. The van der Waals surface area contributed by atoms with Gasteiger partial charge in [0.25, 0.3) is 0 Å². The van der Waals surface area contributed by atoms with Gasteiger partial charge in [-0.05, 0) is 43.0 Å². The molecule has 1 fully saturated rings. The van der Waals surface area contributed by atoms with Crippen LogP contribution in [0.25, 0.3) is 0 Å². The van der Waals surface area contributed by atoms with Crippen LogP contribution in [0, 0.1) is 11.8 Å². The van der Waals surface area contributed by atoms with E-state index in [9.17, 15) is 18.0 Å². The molecule has 2 nitrogen and oxygen atoms in total. The third-order valence-corrected chi connectivity index (χ3v) is 4.18. The van der Waals surface area contributed by atoms with Crippen LogP contribution in [0.5, 0.6) is 0 Å². The second-order valence-electron chi connectivity index (χ2n) is 4.78. The Hall–Kier alpha value is -0.0100. The SMILES string of the molecule is O=C(NCCCCI)C1CCC(C(F)(F)F)CC1. The summed E-state index contributed by atoms with van der Waals surface area (Å²) in [6.07, 6.45) is -1.19. The molecule has 0 unspecified atom stereocenters. The summed E-state index contributed by atoms with van der Waals surface area (Å²) >= 11 is 2.28. The highest BCUT2D eigenvalue weighted by Gasteiger charge is 2.42. The Bertz CT molecular complexity index is 263. The number of carbonyl (C=O) groups excluding carboxylic acids is 1. The van der Waals surface area contributed by atoms with Gasteiger partial charge in [0.05, 0.1) is 5.92 Å². The summed E-state index contributed by atoms with van der Waals surface area (Å²) in [5, 5.41) is 2.82. The lowest BCUT2D eigenvalue weighted by molar-refractivity contribution is -0.184. The van der Waals surface area contributed by atoms with Crippen molar-refractivity contribution in [1.82, 2.24) is 5.32 Å². The van der Waals surface area contributed by atoms with Crippen molar-refractivity contribution in [2.45, 2.75) is 44.7 Å². The average molecular weight is 377 g/mol. The van der Waals surface area contributed by atoms with Gasteiger partial charge in [-0.25, -0.2) is 0 Å². The number of nitrogens with one attached hydrogen (secondary N) is 1. The molecule has 0 saturated heterocycles. The number of carbonyl (C=O) groups is 1. The molecule has 1 rings (SSSR count). The summed E-state index contributed by atoms with van der Waals surface area (Å²) in [7, 11) is 0. The molecule has 0 atom stereocenters. The van der Waals surface area contributed by atoms with Crippen LogP contribution in [-0.2, 0) is 4.79 Å². The van der Waals surface area contributed by atoms with Crippen LogP contribution < -0.4 is 5.32 Å². The van der Waals surface area contributed by atoms with Crippen LogP contribution in [0.4, 0.5) is 13.2 Å². The molecule has 1 saturated carbocycles. The van der Waals surface area contributed by atoms with Crippen LogP contribution in [0.1, 0.15) is 38.5 Å². The summed E-state index contributed by atoms with van der Waals surface area (Å²) in [4.78, 5) is 11.7. The molecule has 0 aliphatic heterocycles. The Labute approximate surface area is 119 Å². The first kappa shape index (κ1) is 16.0. The van der Waals surface area contributed by atoms with Gasteiger partial charge in [0, 0.05) is 12.5 Å². The average Bonchev–Trinajstić information content (AvgIpc) is 2.33. The van der Waals surface area contributed by atoms with Crippen molar-refractivity contribution in [2.75, 3.05) is 11.0 Å². The molecule has 0 heterocycles. The highest BCUT2D eigenvalue weighted by atomic mass is 127. The fourth-order valence-electron chi connectivity index (χ4n) is 2.26. The van der Waals surface area contributed by atoms with Crippen molar-refractivity contribution in [2.24, 2.45) is 11.8 Å². The molecule has 1 aliphatic rings. The number of hydrogen-bond acceptors (Lipinski definition) is 1. The third-order valence-electron chi connectivity index (χ3n) is 3.42. The van der Waals surface area contributed by atoms with Gasteiger partial charge in [0.1, 0.15) is 0 Å². The number of rotatable bonds is 5. The maximum Gasteiger partial charge on any atom is 0.391 e. The van der Waals surface area contributed by atoms with Gasteiger partial charge >= 0.3 is 6.18 Å². The highest BCUT2D eigenvalue weighted by molar-refractivity contribution is 14.1. The Balaban J connectivity index is 2.23. The molecule has 106 valence electrons. The third kappa shape index (κ3) is 5.32. The number of halogens is 4. The van der Waals surface area contributed by atoms with Gasteiger partial charge < -0.3 is 5.32 Å². The molecule has 0 spiro atoms. The topological polar surface area (TPSA) is 29.1 Å². The summed E-state index contributed by atoms with van der Waals surface area (Å²) in [6, 6.07) is 0. The second-order valence-corrected chi connectivity index (χ2v) is 5.86. The molecule has 0 aromatic heterocycles. The molecule has 0 aromatic rings. The first-order valence-electron chi connectivity index (χ1n) is 6.35. The maximum absolute atomic E-state index is 12.5. The first-order chi connectivity index (χ1) is 8.45. The summed E-state index contributed by atoms with van der Waals surface area (Å²) in [5.74, 6) is -1.49. The van der Waals surface area contributed by atoms with Crippen LogP contribution in [-0.4, -0.2) is 23.1 Å². The zero-order chi connectivity index (χ0) is 13.6. The van der Waals surface area contributed by atoms with E-state index in [1.165, 1.54) is 0 Å². The van der Waals surface area contributed by atoms with Crippen molar-refractivity contribution in [3.8, 4) is 0 Å². The summed E-state index contributed by atoms with van der Waals surface area (Å²) in [6.45, 7) is 0.640. The van der Waals surface area contributed by atoms with E-state index in [0.717, 1.165) is 17.3 Å². The van der Waals surface area contributed by atoms with Crippen molar-refractivity contribution in [3.63, 3.8) is 0 Å². The first-order valence-corrected chi connectivity index (χ1v) is 7.88. The maximum atomic E-state index is 12.5. The smallest absolute Gasteiger partial charge is 0.356 e. The molecule has 0 aromatic carbocycles. The minimum Gasteiger partial charge on any atom is -0.356 e. The zero-order valence-corrected chi connectivity index (χ0v) is 12.4. The number of unbranched alkanes of at least 4 members (excludes halogenated alkanes) is 1. The van der Waals surface area contributed by atoms with Crippen molar-refractivity contribution >= 4 is 28.5 Å². The molecular weight excluding hydrogens is 358 g/mol. The Morgan fingerprint density at radius 2 is 1.78 bits per heavy atom. The van der Waals surface area contributed by atoms with Gasteiger partial charge in [-0.15, -0.1) is 0 Å². The lowest BCUT2D eigenvalue weighted by Crippen LogP contribution is -2.36. The van der Waals surface area contributed by atoms with Gasteiger partial charge in [-0.2, -0.15) is 13.2 Å². The Kier molecular flexibility index (Phi) is 6.73. The van der Waals surface area contributed by atoms with Crippen LogP contribution in [0.15, 0.2) is 0 Å². The number of alkyl halides is 4. The van der Waals surface area contributed by atoms with E-state index in [1.807, 2.05) is 0 Å². The van der Waals surface area contributed by atoms with E-state index in [0.29, 0.717) is 19.4 Å². The monoisotopic (exact) mass is 377 g/mol. The molecule has 1 N–H and O–H groups in total. The highest BCUT2D eigenvalue weighted by Crippen LogP contribution is 2.39. The van der Waals surface area contributed by atoms with Gasteiger partial charge in [0.15, 0.2) is 0 Å². The van der Waals surface area contributed by atoms with E-state index in [1.54, 1.807) is 0 Å². The zero-order valence-electron chi connectivity index (χ0n) is 10.2. The number of hydrogen-bond donors (Lipinski definition) is 1. The number of amides is 1. The predicted molar refractivity (Wildman–Crippen MR) is 72.6 cm³/mol. The van der Waals surface area contributed by atoms with E-state index in [4.69, 9.17) is 0 Å². The van der Waals surface area contributed by atoms with Gasteiger partial charge in [-0.1, -0.05) is 22.6 Å². The van der Waals surface area contributed by atoms with Crippen molar-refractivity contribution in [1.29, 1.82) is 0 Å². The fourth-order valence-corrected chi connectivity index (χ4v) is 2.80. The standard InChI is InChI=1S/C12H19F3INO/c13-12(14,15)10-5-3-9(4-6-10)11(18)17-8-2-1-7-16/h9-10H,1-8H2,(H,17,18). The summed E-state index contributed by atoms with van der Waals surface area (Å²) in [5.41, 5.74) is 0. The quantitative estimate of drug-likeness (QED) is 0.442. The van der Waals surface area contributed by atoms with Crippen LogP contribution in [0.3, 0.4) is 0 Å². The van der Waals surface area contributed by atoms with Crippen LogP contribution in [0.2, 0.25) is 0 Å². The lowest BCUT2D eigenvalue weighted by Gasteiger charge is -2.29. The Morgan fingerprint density at radius 1 is 1.17 bits per heavy atom. The van der Waals surface area contributed by atoms with Crippen molar-refractivity contribution in [3.05, 3.63) is 0 Å². The molecule has 18 heavy (non-hydrogen) atoms. The fraction of sp³-hybridized carbons (Fsp3) is 0.917. The molecular formula is C12H19F3INO. The van der Waals surface area contributed by atoms with E-state index >= 15 is 0 Å². The van der Waals surface area contributed by atoms with Crippen molar-refractivity contribution < 1.29 is 18.0 Å². The molecule has 0 bridgehead atoms. The normalized spacial score (nSPS) is 24.9. The van der Waals surface area contributed by atoms with E-state index in [-0.39, 0.29) is 24.7 Å². The molecule has 1 amide bonds. The van der Waals surface area contributed by atoms with E-state index < -0.39 is 12.1 Å². The van der Waals surface area contributed by atoms with Gasteiger partial charge in [0.2, 0.25) is 5.91 Å². The summed E-state index contributed by atoms with van der Waals surface area (Å²) < 4.78 is 38.4. The van der Waals surface area contributed by atoms with E-state index in [2.05, 4.69) is 27.9 Å². The minimum atomic E-state index is -4.10. The van der Waals surface area contributed by atoms with Crippen LogP contribution >= 0.6 is 22.6 Å². The Morgan fingerprint density at radius 3 is 2.28 bits per heavy atom. The molecule has 1 aliphatic carbocycles.